The highest BCUT2D eigenvalue weighted by Crippen LogP contribution is 2.28. The van der Waals surface area contributed by atoms with Crippen molar-refractivity contribution in [2.24, 2.45) is 0 Å². The minimum Gasteiger partial charge on any atom is -0.493 e. The summed E-state index contributed by atoms with van der Waals surface area (Å²) in [6, 6.07) is 11.3. The number of carbonyl (C=O) groups excluding carboxylic acids is 1. The van der Waals surface area contributed by atoms with Crippen LogP contribution in [0.15, 0.2) is 36.4 Å². The van der Waals surface area contributed by atoms with Gasteiger partial charge in [0, 0.05) is 17.7 Å². The van der Waals surface area contributed by atoms with Crippen molar-refractivity contribution in [2.75, 3.05) is 19.8 Å². The van der Waals surface area contributed by atoms with E-state index in [1.807, 2.05) is 36.4 Å². The summed E-state index contributed by atoms with van der Waals surface area (Å²) in [5, 5.41) is 9.34. The third-order valence-electron chi connectivity index (χ3n) is 4.73. The Morgan fingerprint density at radius 3 is 2.72 bits per heavy atom. The van der Waals surface area contributed by atoms with E-state index in [0.717, 1.165) is 47.6 Å². The Morgan fingerprint density at radius 2 is 1.84 bits per heavy atom. The van der Waals surface area contributed by atoms with E-state index >= 15 is 0 Å². The lowest BCUT2D eigenvalue weighted by Crippen LogP contribution is -2.32. The maximum atomic E-state index is 13.0. The summed E-state index contributed by atoms with van der Waals surface area (Å²) in [5.41, 5.74) is 3.54. The van der Waals surface area contributed by atoms with Crippen molar-refractivity contribution in [3.63, 3.8) is 0 Å². The van der Waals surface area contributed by atoms with E-state index in [2.05, 4.69) is 0 Å². The van der Waals surface area contributed by atoms with Gasteiger partial charge in [-0.1, -0.05) is 6.07 Å². The standard InChI is InChI=1S/C20H21NO4/c22-13-14-3-5-19-17(10-14)12-21(7-9-25-19)20(23)16-4-6-18-15(11-16)2-1-8-24-18/h3-6,10-11,22H,1-2,7-9,12-13H2. The molecule has 2 aliphatic heterocycles. The van der Waals surface area contributed by atoms with Crippen molar-refractivity contribution in [2.45, 2.75) is 26.0 Å². The largest absolute Gasteiger partial charge is 0.493 e. The Balaban J connectivity index is 1.59. The van der Waals surface area contributed by atoms with Crippen LogP contribution in [0.25, 0.3) is 0 Å². The number of ether oxygens (including phenoxy) is 2. The van der Waals surface area contributed by atoms with Crippen molar-refractivity contribution in [3.05, 3.63) is 58.7 Å². The number of aliphatic hydroxyl groups is 1. The van der Waals surface area contributed by atoms with Crippen LogP contribution < -0.4 is 9.47 Å². The van der Waals surface area contributed by atoms with E-state index < -0.39 is 0 Å². The molecule has 0 aliphatic carbocycles. The molecule has 0 atom stereocenters. The third-order valence-corrected chi connectivity index (χ3v) is 4.73. The lowest BCUT2D eigenvalue weighted by Gasteiger charge is -2.22. The molecule has 0 fully saturated rings. The minimum atomic E-state index is -0.0218. The molecule has 1 N–H and O–H groups in total. The van der Waals surface area contributed by atoms with Gasteiger partial charge in [0.2, 0.25) is 0 Å². The van der Waals surface area contributed by atoms with Crippen LogP contribution in [-0.4, -0.2) is 35.7 Å². The summed E-state index contributed by atoms with van der Waals surface area (Å²) in [4.78, 5) is 14.8. The molecule has 0 radical (unpaired) electrons. The molecule has 0 unspecified atom stereocenters. The molecule has 0 bridgehead atoms. The quantitative estimate of drug-likeness (QED) is 0.913. The SMILES string of the molecule is O=C(c1ccc2c(c1)CCCO2)N1CCOc2ccc(CO)cc2C1. The molecule has 2 aromatic rings. The fourth-order valence-electron chi connectivity index (χ4n) is 3.40. The van der Waals surface area contributed by atoms with Gasteiger partial charge >= 0.3 is 0 Å². The van der Waals surface area contributed by atoms with E-state index in [0.29, 0.717) is 25.3 Å². The van der Waals surface area contributed by atoms with E-state index in [4.69, 9.17) is 9.47 Å². The Morgan fingerprint density at radius 1 is 1.04 bits per heavy atom. The molecule has 1 amide bonds. The van der Waals surface area contributed by atoms with Gasteiger partial charge in [0.15, 0.2) is 0 Å². The monoisotopic (exact) mass is 339 g/mol. The number of amides is 1. The predicted molar refractivity (Wildman–Crippen MR) is 92.9 cm³/mol. The average molecular weight is 339 g/mol. The van der Waals surface area contributed by atoms with Crippen LogP contribution in [0.5, 0.6) is 11.5 Å². The minimum absolute atomic E-state index is 0.000718. The highest BCUT2D eigenvalue weighted by Gasteiger charge is 2.22. The molecule has 2 aromatic carbocycles. The maximum absolute atomic E-state index is 13.0. The zero-order valence-corrected chi connectivity index (χ0v) is 14.0. The van der Waals surface area contributed by atoms with Gasteiger partial charge in [0.1, 0.15) is 18.1 Å². The highest BCUT2D eigenvalue weighted by atomic mass is 16.5. The summed E-state index contributed by atoms with van der Waals surface area (Å²) < 4.78 is 11.4. The number of aryl methyl sites for hydroxylation is 1. The van der Waals surface area contributed by atoms with Gasteiger partial charge in [-0.3, -0.25) is 4.79 Å². The average Bonchev–Trinajstić information content (AvgIpc) is 2.88. The Kier molecular flexibility index (Phi) is 4.32. The van der Waals surface area contributed by atoms with Crippen LogP contribution in [0, 0.1) is 0 Å². The normalized spacial score (nSPS) is 16.1. The molecule has 2 heterocycles. The summed E-state index contributed by atoms with van der Waals surface area (Å²) in [6.07, 6.45) is 1.93. The Labute approximate surface area is 146 Å². The van der Waals surface area contributed by atoms with Crippen LogP contribution >= 0.6 is 0 Å². The zero-order valence-electron chi connectivity index (χ0n) is 14.0. The zero-order chi connectivity index (χ0) is 17.2. The van der Waals surface area contributed by atoms with Gasteiger partial charge in [-0.05, 0) is 54.3 Å². The smallest absolute Gasteiger partial charge is 0.254 e. The van der Waals surface area contributed by atoms with Gasteiger partial charge < -0.3 is 19.5 Å². The van der Waals surface area contributed by atoms with Gasteiger partial charge in [-0.15, -0.1) is 0 Å². The molecule has 0 spiro atoms. The molecule has 0 saturated carbocycles. The fourth-order valence-corrected chi connectivity index (χ4v) is 3.40. The number of nitrogens with zero attached hydrogens (tertiary/aromatic N) is 1. The topological polar surface area (TPSA) is 59.0 Å². The first kappa shape index (κ1) is 16.0. The van der Waals surface area contributed by atoms with Crippen LogP contribution in [0.1, 0.15) is 33.5 Å². The molecule has 5 nitrogen and oxygen atoms in total. The second kappa shape index (κ2) is 6.76. The van der Waals surface area contributed by atoms with Crippen molar-refractivity contribution in [1.82, 2.24) is 4.90 Å². The first-order valence-corrected chi connectivity index (χ1v) is 8.65. The van der Waals surface area contributed by atoms with E-state index in [1.54, 1.807) is 4.90 Å². The van der Waals surface area contributed by atoms with Crippen molar-refractivity contribution >= 4 is 5.91 Å². The summed E-state index contributed by atoms with van der Waals surface area (Å²) >= 11 is 0. The van der Waals surface area contributed by atoms with Gasteiger partial charge in [-0.2, -0.15) is 0 Å². The number of aliphatic hydroxyl groups excluding tert-OH is 1. The molecule has 5 heteroatoms. The molecule has 0 saturated heterocycles. The van der Waals surface area contributed by atoms with E-state index in [9.17, 15) is 9.90 Å². The van der Waals surface area contributed by atoms with Crippen LogP contribution in [0.4, 0.5) is 0 Å². The van der Waals surface area contributed by atoms with Crippen LogP contribution in [0.2, 0.25) is 0 Å². The van der Waals surface area contributed by atoms with Crippen LogP contribution in [0.3, 0.4) is 0 Å². The highest BCUT2D eigenvalue weighted by molar-refractivity contribution is 5.94. The summed E-state index contributed by atoms with van der Waals surface area (Å²) in [6.45, 7) is 2.20. The second-order valence-corrected chi connectivity index (χ2v) is 6.45. The number of hydrogen-bond acceptors (Lipinski definition) is 4. The Bertz CT molecular complexity index is 802. The third kappa shape index (κ3) is 3.20. The number of carbonyl (C=O) groups is 1. The van der Waals surface area contributed by atoms with E-state index in [1.165, 1.54) is 0 Å². The summed E-state index contributed by atoms with van der Waals surface area (Å²) in [7, 11) is 0. The number of rotatable bonds is 2. The van der Waals surface area contributed by atoms with Crippen molar-refractivity contribution in [1.29, 1.82) is 0 Å². The second-order valence-electron chi connectivity index (χ2n) is 6.45. The first-order chi connectivity index (χ1) is 12.2. The predicted octanol–water partition coefficient (Wildman–Crippen LogP) is 2.54. The lowest BCUT2D eigenvalue weighted by molar-refractivity contribution is 0.0733. The number of hydrogen-bond donors (Lipinski definition) is 1. The Hall–Kier alpha value is -2.53. The van der Waals surface area contributed by atoms with Crippen molar-refractivity contribution in [3.8, 4) is 11.5 Å². The molecule has 25 heavy (non-hydrogen) atoms. The fraction of sp³-hybridized carbons (Fsp3) is 0.350. The van der Waals surface area contributed by atoms with Gasteiger partial charge in [0.05, 0.1) is 19.8 Å². The molecule has 4 rings (SSSR count). The lowest BCUT2D eigenvalue weighted by atomic mass is 10.0. The van der Waals surface area contributed by atoms with Crippen molar-refractivity contribution < 1.29 is 19.4 Å². The van der Waals surface area contributed by atoms with Gasteiger partial charge in [-0.25, -0.2) is 0 Å². The molecular formula is C20H21NO4. The van der Waals surface area contributed by atoms with Gasteiger partial charge in [0.25, 0.3) is 5.91 Å². The maximum Gasteiger partial charge on any atom is 0.254 e. The molecular weight excluding hydrogens is 318 g/mol. The molecule has 2 aliphatic rings. The van der Waals surface area contributed by atoms with Crippen LogP contribution in [-0.2, 0) is 19.6 Å². The molecule has 0 aromatic heterocycles. The number of fused-ring (bicyclic) bond motifs is 2. The number of benzene rings is 2. The first-order valence-electron chi connectivity index (χ1n) is 8.65. The van der Waals surface area contributed by atoms with E-state index in [-0.39, 0.29) is 12.5 Å². The molecule has 130 valence electrons. The summed E-state index contributed by atoms with van der Waals surface area (Å²) in [5.74, 6) is 1.67.